The lowest BCUT2D eigenvalue weighted by Gasteiger charge is -2.20. The van der Waals surface area contributed by atoms with E-state index in [0.717, 1.165) is 45.1 Å². The zero-order valence-electron chi connectivity index (χ0n) is 18.9. The van der Waals surface area contributed by atoms with E-state index in [-0.39, 0.29) is 24.0 Å². The molecule has 5 nitrogen and oxygen atoms in total. The fourth-order valence-corrected chi connectivity index (χ4v) is 3.41. The molecule has 0 aromatic heterocycles. The molecule has 0 spiro atoms. The summed E-state index contributed by atoms with van der Waals surface area (Å²) >= 11 is 0. The maximum atomic E-state index is 4.75. The zero-order valence-corrected chi connectivity index (χ0v) is 21.2. The second-order valence-corrected chi connectivity index (χ2v) is 8.20. The molecule has 166 valence electrons. The quantitative estimate of drug-likeness (QED) is 0.202. The largest absolute Gasteiger partial charge is 0.357 e. The van der Waals surface area contributed by atoms with Crippen molar-refractivity contribution in [1.29, 1.82) is 0 Å². The Bertz CT molecular complexity index is 567. The SMILES string of the molecule is CCNC(=NCc1ccc(CN2CCCC2)cc1)NCCCCN(C)C(C)C.I. The number of nitrogens with one attached hydrogen (secondary N) is 2. The van der Waals surface area contributed by atoms with Crippen LogP contribution in [-0.2, 0) is 13.1 Å². The molecule has 1 saturated heterocycles. The van der Waals surface area contributed by atoms with Gasteiger partial charge in [0, 0.05) is 25.7 Å². The molecule has 1 aliphatic rings. The van der Waals surface area contributed by atoms with Gasteiger partial charge in [0.2, 0.25) is 0 Å². The van der Waals surface area contributed by atoms with Crippen LogP contribution in [0.15, 0.2) is 29.3 Å². The van der Waals surface area contributed by atoms with Crippen LogP contribution in [-0.4, -0.2) is 61.6 Å². The van der Waals surface area contributed by atoms with Crippen molar-refractivity contribution in [3.63, 3.8) is 0 Å². The molecule has 0 bridgehead atoms. The molecular formula is C23H42IN5. The molecule has 2 N–H and O–H groups in total. The maximum absolute atomic E-state index is 4.75. The lowest BCUT2D eigenvalue weighted by Crippen LogP contribution is -2.38. The number of benzene rings is 1. The lowest BCUT2D eigenvalue weighted by atomic mass is 10.1. The van der Waals surface area contributed by atoms with Crippen LogP contribution in [0.5, 0.6) is 0 Å². The Balaban J connectivity index is 0.00000420. The van der Waals surface area contributed by atoms with E-state index in [1.807, 2.05) is 0 Å². The molecule has 1 aromatic carbocycles. The molecule has 6 heteroatoms. The number of rotatable bonds is 11. The van der Waals surface area contributed by atoms with Crippen LogP contribution in [0, 0.1) is 0 Å². The zero-order chi connectivity index (χ0) is 20.2. The molecule has 0 saturated carbocycles. The summed E-state index contributed by atoms with van der Waals surface area (Å²) in [6.45, 7) is 13.9. The van der Waals surface area contributed by atoms with Crippen molar-refractivity contribution in [2.75, 3.05) is 39.8 Å². The molecule has 2 rings (SSSR count). The molecule has 1 aromatic rings. The van der Waals surface area contributed by atoms with E-state index in [1.54, 1.807) is 0 Å². The molecule has 1 heterocycles. The summed E-state index contributed by atoms with van der Waals surface area (Å²) in [6, 6.07) is 9.58. The normalized spacial score (nSPS) is 15.0. The van der Waals surface area contributed by atoms with Crippen LogP contribution in [0.4, 0.5) is 0 Å². The number of aliphatic imine (C=N–C) groups is 1. The monoisotopic (exact) mass is 515 g/mol. The topological polar surface area (TPSA) is 42.9 Å². The van der Waals surface area contributed by atoms with E-state index in [2.05, 4.69) is 72.5 Å². The smallest absolute Gasteiger partial charge is 0.191 e. The highest BCUT2D eigenvalue weighted by atomic mass is 127. The number of likely N-dealkylation sites (tertiary alicyclic amines) is 1. The summed E-state index contributed by atoms with van der Waals surface area (Å²) in [5.74, 6) is 0.917. The van der Waals surface area contributed by atoms with E-state index in [0.29, 0.717) is 6.04 Å². The summed E-state index contributed by atoms with van der Waals surface area (Å²) in [5.41, 5.74) is 2.67. The number of hydrogen-bond acceptors (Lipinski definition) is 3. The second-order valence-electron chi connectivity index (χ2n) is 8.20. The van der Waals surface area contributed by atoms with E-state index in [1.165, 1.54) is 43.5 Å². The van der Waals surface area contributed by atoms with Crippen molar-refractivity contribution in [2.45, 2.75) is 65.6 Å². The third-order valence-corrected chi connectivity index (χ3v) is 5.50. The third-order valence-electron chi connectivity index (χ3n) is 5.50. The van der Waals surface area contributed by atoms with Crippen LogP contribution in [0.3, 0.4) is 0 Å². The van der Waals surface area contributed by atoms with E-state index in [4.69, 9.17) is 4.99 Å². The Labute approximate surface area is 195 Å². The van der Waals surface area contributed by atoms with Gasteiger partial charge in [-0.05, 0) is 84.3 Å². The van der Waals surface area contributed by atoms with E-state index >= 15 is 0 Å². The van der Waals surface area contributed by atoms with Crippen LogP contribution < -0.4 is 10.6 Å². The minimum Gasteiger partial charge on any atom is -0.357 e. The lowest BCUT2D eigenvalue weighted by molar-refractivity contribution is 0.268. The maximum Gasteiger partial charge on any atom is 0.191 e. The van der Waals surface area contributed by atoms with Gasteiger partial charge in [-0.3, -0.25) is 4.90 Å². The van der Waals surface area contributed by atoms with Crippen molar-refractivity contribution in [3.05, 3.63) is 35.4 Å². The Morgan fingerprint density at radius 3 is 2.34 bits per heavy atom. The molecule has 1 fully saturated rings. The van der Waals surface area contributed by atoms with Gasteiger partial charge in [-0.15, -0.1) is 24.0 Å². The fraction of sp³-hybridized carbons (Fsp3) is 0.696. The number of nitrogens with zero attached hydrogens (tertiary/aromatic N) is 3. The molecule has 1 aliphatic heterocycles. The Kier molecular flexibility index (Phi) is 13.6. The molecule has 0 radical (unpaired) electrons. The minimum absolute atomic E-state index is 0. The molecular weight excluding hydrogens is 473 g/mol. The molecule has 29 heavy (non-hydrogen) atoms. The summed E-state index contributed by atoms with van der Waals surface area (Å²) in [6.07, 6.45) is 5.06. The first-order valence-electron chi connectivity index (χ1n) is 11.1. The molecule has 0 aliphatic carbocycles. The van der Waals surface area contributed by atoms with E-state index < -0.39 is 0 Å². The predicted molar refractivity (Wildman–Crippen MR) is 136 cm³/mol. The van der Waals surface area contributed by atoms with Gasteiger partial charge in [0.15, 0.2) is 5.96 Å². The van der Waals surface area contributed by atoms with Crippen LogP contribution >= 0.6 is 24.0 Å². The summed E-state index contributed by atoms with van der Waals surface area (Å²) in [5, 5.41) is 6.82. The van der Waals surface area contributed by atoms with Crippen LogP contribution in [0.2, 0.25) is 0 Å². The molecule has 0 atom stereocenters. The van der Waals surface area contributed by atoms with Gasteiger partial charge in [0.25, 0.3) is 0 Å². The number of guanidine groups is 1. The van der Waals surface area contributed by atoms with Gasteiger partial charge in [-0.2, -0.15) is 0 Å². The highest BCUT2D eigenvalue weighted by molar-refractivity contribution is 14.0. The number of unbranched alkanes of at least 4 members (excludes halogenated alkanes) is 1. The van der Waals surface area contributed by atoms with Crippen molar-refractivity contribution in [1.82, 2.24) is 20.4 Å². The highest BCUT2D eigenvalue weighted by Gasteiger charge is 2.11. The van der Waals surface area contributed by atoms with E-state index in [9.17, 15) is 0 Å². The van der Waals surface area contributed by atoms with Gasteiger partial charge in [-0.1, -0.05) is 24.3 Å². The Morgan fingerprint density at radius 1 is 1.07 bits per heavy atom. The number of halogens is 1. The summed E-state index contributed by atoms with van der Waals surface area (Å²) in [7, 11) is 2.19. The Hall–Kier alpha value is -0.860. The first kappa shape index (κ1) is 26.2. The van der Waals surface area contributed by atoms with Crippen LogP contribution in [0.25, 0.3) is 0 Å². The average molecular weight is 516 g/mol. The van der Waals surface area contributed by atoms with Gasteiger partial charge >= 0.3 is 0 Å². The fourth-order valence-electron chi connectivity index (χ4n) is 3.41. The standard InChI is InChI=1S/C23H41N5.HI/c1-5-24-23(25-14-6-7-15-27(4)20(2)3)26-18-21-10-12-22(13-11-21)19-28-16-8-9-17-28;/h10-13,20H,5-9,14-19H2,1-4H3,(H2,24,25,26);1H. The van der Waals surface area contributed by atoms with Gasteiger partial charge < -0.3 is 15.5 Å². The first-order valence-corrected chi connectivity index (χ1v) is 11.1. The van der Waals surface area contributed by atoms with Crippen molar-refractivity contribution in [3.8, 4) is 0 Å². The van der Waals surface area contributed by atoms with Crippen molar-refractivity contribution < 1.29 is 0 Å². The minimum atomic E-state index is 0. The molecule has 0 unspecified atom stereocenters. The highest BCUT2D eigenvalue weighted by Crippen LogP contribution is 2.13. The summed E-state index contributed by atoms with van der Waals surface area (Å²) in [4.78, 5) is 9.69. The first-order chi connectivity index (χ1) is 13.6. The predicted octanol–water partition coefficient (Wildman–Crippen LogP) is 4.08. The molecule has 0 amide bonds. The average Bonchev–Trinajstić information content (AvgIpc) is 3.19. The van der Waals surface area contributed by atoms with Crippen LogP contribution in [0.1, 0.15) is 57.6 Å². The third kappa shape index (κ3) is 10.6. The van der Waals surface area contributed by atoms with Gasteiger partial charge in [0.1, 0.15) is 0 Å². The Morgan fingerprint density at radius 2 is 1.72 bits per heavy atom. The van der Waals surface area contributed by atoms with Gasteiger partial charge in [0.05, 0.1) is 6.54 Å². The van der Waals surface area contributed by atoms with Crippen molar-refractivity contribution in [2.24, 2.45) is 4.99 Å². The summed E-state index contributed by atoms with van der Waals surface area (Å²) < 4.78 is 0. The van der Waals surface area contributed by atoms with Gasteiger partial charge in [-0.25, -0.2) is 4.99 Å². The second kappa shape index (κ2) is 15.0. The number of hydrogen-bond donors (Lipinski definition) is 2. The van der Waals surface area contributed by atoms with Crippen molar-refractivity contribution >= 4 is 29.9 Å².